The molecule has 3 aromatic rings. The minimum atomic E-state index is -0.211. The van der Waals surface area contributed by atoms with E-state index in [4.69, 9.17) is 4.74 Å². The zero-order chi connectivity index (χ0) is 20.7. The van der Waals surface area contributed by atoms with Gasteiger partial charge in [0, 0.05) is 49.7 Å². The fraction of sp³-hybridized carbons (Fsp3) is 0.348. The summed E-state index contributed by atoms with van der Waals surface area (Å²) in [5, 5.41) is 3.63. The first-order chi connectivity index (χ1) is 14.6. The summed E-state index contributed by atoms with van der Waals surface area (Å²) in [6, 6.07) is 8.27. The molecule has 154 valence electrons. The van der Waals surface area contributed by atoms with Crippen LogP contribution in [-0.4, -0.2) is 45.0 Å². The molecule has 0 unspecified atom stereocenters. The highest BCUT2D eigenvalue weighted by atomic mass is 16.5. The van der Waals surface area contributed by atoms with Gasteiger partial charge in [0.25, 0.3) is 0 Å². The molecular weight excluding hydrogens is 378 g/mol. The Hall–Kier alpha value is -3.03. The lowest BCUT2D eigenvalue weighted by atomic mass is 9.93. The third kappa shape index (κ3) is 3.51. The van der Waals surface area contributed by atoms with E-state index < -0.39 is 0 Å². The molecule has 0 radical (unpaired) electrons. The number of carbonyl (C=O) groups is 1. The third-order valence-electron chi connectivity index (χ3n) is 6.06. The fourth-order valence-electron chi connectivity index (χ4n) is 4.34. The summed E-state index contributed by atoms with van der Waals surface area (Å²) in [6.45, 7) is 8.05. The van der Waals surface area contributed by atoms with Crippen molar-refractivity contribution in [2.75, 3.05) is 19.6 Å². The average Bonchev–Trinajstić information content (AvgIpc) is 3.36. The monoisotopic (exact) mass is 403 g/mol. The van der Waals surface area contributed by atoms with Gasteiger partial charge in [-0.2, -0.15) is 0 Å². The minimum absolute atomic E-state index is 0.211. The maximum absolute atomic E-state index is 11.8. The van der Waals surface area contributed by atoms with Crippen LogP contribution in [0, 0.1) is 13.8 Å². The standard InChI is InChI=1S/C23H25N5O2/c1-15-3-4-18(9-25-15)28-11-17(26-14-28)10-27-8-7-24-22(12-27)19-5-6-20-21(16(19)2)13-30-23(20)29/h3-6,9,11,14,22,24H,7-8,10,12-13H2,1-2H3/t22-/m0/s1. The second-order valence-corrected chi connectivity index (χ2v) is 8.05. The molecule has 2 aliphatic rings. The van der Waals surface area contributed by atoms with Crippen molar-refractivity contribution in [2.24, 2.45) is 0 Å². The van der Waals surface area contributed by atoms with Crippen LogP contribution in [0.4, 0.5) is 0 Å². The van der Waals surface area contributed by atoms with Gasteiger partial charge in [-0.25, -0.2) is 9.78 Å². The number of piperazine rings is 1. The number of aryl methyl sites for hydroxylation is 1. The summed E-state index contributed by atoms with van der Waals surface area (Å²) in [5.41, 5.74) is 7.21. The molecule has 4 heterocycles. The highest BCUT2D eigenvalue weighted by Gasteiger charge is 2.28. The molecule has 1 N–H and O–H groups in total. The summed E-state index contributed by atoms with van der Waals surface area (Å²) in [6.07, 6.45) is 5.79. The maximum Gasteiger partial charge on any atom is 0.338 e. The molecule has 0 amide bonds. The molecule has 1 aromatic carbocycles. The quantitative estimate of drug-likeness (QED) is 0.676. The predicted molar refractivity (Wildman–Crippen MR) is 112 cm³/mol. The number of nitrogens with zero attached hydrogens (tertiary/aromatic N) is 4. The van der Waals surface area contributed by atoms with Gasteiger partial charge in [-0.05, 0) is 43.2 Å². The Balaban J connectivity index is 1.30. The first-order valence-electron chi connectivity index (χ1n) is 10.3. The Morgan fingerprint density at radius 2 is 2.10 bits per heavy atom. The number of hydrogen-bond donors (Lipinski definition) is 1. The number of nitrogens with one attached hydrogen (secondary N) is 1. The van der Waals surface area contributed by atoms with E-state index in [0.717, 1.165) is 54.4 Å². The summed E-state index contributed by atoms with van der Waals surface area (Å²) < 4.78 is 7.22. The van der Waals surface area contributed by atoms with Crippen molar-refractivity contribution in [3.8, 4) is 5.69 Å². The van der Waals surface area contributed by atoms with E-state index in [1.54, 1.807) is 0 Å². The van der Waals surface area contributed by atoms with E-state index in [2.05, 4.69) is 45.4 Å². The second-order valence-electron chi connectivity index (χ2n) is 8.05. The maximum atomic E-state index is 11.8. The van der Waals surface area contributed by atoms with Crippen molar-refractivity contribution in [3.63, 3.8) is 0 Å². The molecule has 2 aliphatic heterocycles. The van der Waals surface area contributed by atoms with Crippen LogP contribution >= 0.6 is 0 Å². The Morgan fingerprint density at radius 1 is 1.20 bits per heavy atom. The van der Waals surface area contributed by atoms with Crippen molar-refractivity contribution < 1.29 is 9.53 Å². The van der Waals surface area contributed by atoms with Crippen molar-refractivity contribution in [1.82, 2.24) is 24.8 Å². The Bertz CT molecular complexity index is 1090. The van der Waals surface area contributed by atoms with Crippen molar-refractivity contribution in [3.05, 3.63) is 76.6 Å². The van der Waals surface area contributed by atoms with Crippen LogP contribution in [0.2, 0.25) is 0 Å². The van der Waals surface area contributed by atoms with Gasteiger partial charge in [0.15, 0.2) is 0 Å². The van der Waals surface area contributed by atoms with E-state index in [1.165, 1.54) is 5.56 Å². The summed E-state index contributed by atoms with van der Waals surface area (Å²) in [5.74, 6) is -0.211. The number of aromatic nitrogens is 3. The minimum Gasteiger partial charge on any atom is -0.457 e. The number of rotatable bonds is 4. The van der Waals surface area contributed by atoms with E-state index in [0.29, 0.717) is 12.2 Å². The molecule has 0 spiro atoms. The SMILES string of the molecule is Cc1ccc(-n2cnc(CN3CCN[C@H](c4ccc5c(c4C)COC5=O)C3)c2)cn1. The summed E-state index contributed by atoms with van der Waals surface area (Å²) >= 11 is 0. The van der Waals surface area contributed by atoms with Crippen LogP contribution in [0.1, 0.15) is 44.5 Å². The topological polar surface area (TPSA) is 72.3 Å². The normalized spacial score (nSPS) is 19.0. The molecular formula is C23H25N5O2. The molecule has 0 bridgehead atoms. The Labute approximate surface area is 175 Å². The lowest BCUT2D eigenvalue weighted by molar-refractivity contribution is 0.0535. The van der Waals surface area contributed by atoms with Crippen molar-refractivity contribution >= 4 is 5.97 Å². The molecule has 2 aromatic heterocycles. The van der Waals surface area contributed by atoms with Gasteiger partial charge in [0.05, 0.1) is 29.5 Å². The van der Waals surface area contributed by atoms with Crippen LogP contribution in [0.3, 0.4) is 0 Å². The molecule has 0 aliphatic carbocycles. The van der Waals surface area contributed by atoms with Crippen LogP contribution in [0.15, 0.2) is 43.0 Å². The Kier molecular flexibility index (Phi) is 4.84. The van der Waals surface area contributed by atoms with Gasteiger partial charge in [-0.15, -0.1) is 0 Å². The van der Waals surface area contributed by atoms with Crippen LogP contribution in [0.5, 0.6) is 0 Å². The lowest BCUT2D eigenvalue weighted by Crippen LogP contribution is -2.45. The van der Waals surface area contributed by atoms with E-state index >= 15 is 0 Å². The fourth-order valence-corrected chi connectivity index (χ4v) is 4.34. The number of carbonyl (C=O) groups excluding carboxylic acids is 1. The smallest absolute Gasteiger partial charge is 0.338 e. The zero-order valence-corrected chi connectivity index (χ0v) is 17.3. The first-order valence-corrected chi connectivity index (χ1v) is 10.3. The highest BCUT2D eigenvalue weighted by molar-refractivity contribution is 5.94. The van der Waals surface area contributed by atoms with Crippen molar-refractivity contribution in [1.29, 1.82) is 0 Å². The molecule has 0 saturated carbocycles. The second kappa shape index (κ2) is 7.66. The van der Waals surface area contributed by atoms with Gasteiger partial charge in [0.2, 0.25) is 0 Å². The van der Waals surface area contributed by atoms with E-state index in [9.17, 15) is 4.79 Å². The van der Waals surface area contributed by atoms with Crippen LogP contribution < -0.4 is 5.32 Å². The third-order valence-corrected chi connectivity index (χ3v) is 6.06. The number of fused-ring (bicyclic) bond motifs is 1. The molecule has 1 saturated heterocycles. The van der Waals surface area contributed by atoms with Gasteiger partial charge in [0.1, 0.15) is 6.61 Å². The molecule has 7 heteroatoms. The lowest BCUT2D eigenvalue weighted by Gasteiger charge is -2.34. The number of imidazole rings is 1. The van der Waals surface area contributed by atoms with Gasteiger partial charge >= 0.3 is 5.97 Å². The van der Waals surface area contributed by atoms with Gasteiger partial charge < -0.3 is 14.6 Å². The highest BCUT2D eigenvalue weighted by Crippen LogP contribution is 2.30. The number of esters is 1. The summed E-state index contributed by atoms with van der Waals surface area (Å²) in [4.78, 5) is 23.2. The van der Waals surface area contributed by atoms with Crippen LogP contribution in [0.25, 0.3) is 5.69 Å². The number of benzene rings is 1. The van der Waals surface area contributed by atoms with Gasteiger partial charge in [-0.1, -0.05) is 6.07 Å². The van der Waals surface area contributed by atoms with Crippen LogP contribution in [-0.2, 0) is 17.9 Å². The van der Waals surface area contributed by atoms with E-state index in [-0.39, 0.29) is 12.0 Å². The number of ether oxygens (including phenoxy) is 1. The van der Waals surface area contributed by atoms with E-state index in [1.807, 2.05) is 36.1 Å². The molecule has 7 nitrogen and oxygen atoms in total. The summed E-state index contributed by atoms with van der Waals surface area (Å²) in [7, 11) is 0. The average molecular weight is 403 g/mol. The van der Waals surface area contributed by atoms with Gasteiger partial charge in [-0.3, -0.25) is 9.88 Å². The predicted octanol–water partition coefficient (Wildman–Crippen LogP) is 2.70. The molecule has 1 fully saturated rings. The zero-order valence-electron chi connectivity index (χ0n) is 17.3. The Morgan fingerprint density at radius 3 is 2.93 bits per heavy atom. The molecule has 5 rings (SSSR count). The molecule has 1 atom stereocenters. The number of pyridine rings is 1. The number of cyclic esters (lactones) is 1. The van der Waals surface area contributed by atoms with Crippen molar-refractivity contribution in [2.45, 2.75) is 33.0 Å². The molecule has 30 heavy (non-hydrogen) atoms. The largest absolute Gasteiger partial charge is 0.457 e. The first kappa shape index (κ1) is 19.0. The number of hydrogen-bond acceptors (Lipinski definition) is 6.